The molecule has 0 aliphatic heterocycles. The van der Waals surface area contributed by atoms with Crippen LogP contribution in [0, 0.1) is 6.92 Å². The smallest absolute Gasteiger partial charge is 0.273 e. The highest BCUT2D eigenvalue weighted by molar-refractivity contribution is 5.64. The Bertz CT molecular complexity index is 1370. The molecule has 0 aliphatic rings. The summed E-state index contributed by atoms with van der Waals surface area (Å²) < 4.78 is 77.9. The first-order valence-corrected chi connectivity index (χ1v) is 10.5. The molecule has 0 bridgehead atoms. The molecule has 4 aromatic rings. The quantitative estimate of drug-likeness (QED) is 0.308. The second-order valence-electron chi connectivity index (χ2n) is 8.63. The van der Waals surface area contributed by atoms with Gasteiger partial charge in [0.1, 0.15) is 11.4 Å². The fourth-order valence-corrected chi connectivity index (χ4v) is 3.72. The van der Waals surface area contributed by atoms with Crippen molar-refractivity contribution in [1.29, 1.82) is 0 Å². The lowest BCUT2D eigenvalue weighted by atomic mass is 9.84. The fraction of sp³-hybridized carbons (Fsp3) is 0.240. The Morgan fingerprint density at radius 3 is 1.83 bits per heavy atom. The Labute approximate surface area is 197 Å². The van der Waals surface area contributed by atoms with Gasteiger partial charge >= 0.3 is 12.4 Å². The summed E-state index contributed by atoms with van der Waals surface area (Å²) in [5.74, 6) is 0. The normalized spacial score (nSPS) is 12.7. The molecule has 0 atom stereocenters. The molecule has 0 amide bonds. The van der Waals surface area contributed by atoms with Gasteiger partial charge in [-0.05, 0) is 68.8 Å². The lowest BCUT2D eigenvalue weighted by Gasteiger charge is -2.25. The summed E-state index contributed by atoms with van der Waals surface area (Å²) >= 11 is 0. The van der Waals surface area contributed by atoms with Crippen molar-refractivity contribution in [3.63, 3.8) is 0 Å². The zero-order valence-corrected chi connectivity index (χ0v) is 18.9. The van der Waals surface area contributed by atoms with Crippen LogP contribution in [-0.4, -0.2) is 20.2 Å². The van der Waals surface area contributed by atoms with Crippen molar-refractivity contribution < 1.29 is 26.3 Å². The van der Waals surface area contributed by atoms with Crippen LogP contribution in [0.25, 0.3) is 22.6 Å². The Morgan fingerprint density at radius 1 is 0.686 bits per heavy atom. The van der Waals surface area contributed by atoms with E-state index in [0.29, 0.717) is 28.2 Å². The van der Waals surface area contributed by atoms with Gasteiger partial charge in [0.2, 0.25) is 0 Å². The molecule has 10 heteroatoms. The van der Waals surface area contributed by atoms with Gasteiger partial charge < -0.3 is 0 Å². The minimum absolute atomic E-state index is 0.0528. The average molecular weight is 490 g/mol. The van der Waals surface area contributed by atoms with Crippen LogP contribution in [0.15, 0.2) is 60.7 Å². The summed E-state index contributed by atoms with van der Waals surface area (Å²) in [6.07, 6.45) is -8.99. The SMILES string of the molecule is Cc1cc(C(F)(F)F)ccc1-c1cccc(C(C)(C)c2cccc(-c3cc(C(F)(F)F)[nH]n3)n2)n1. The number of rotatable bonds is 4. The molecule has 0 aliphatic carbocycles. The van der Waals surface area contributed by atoms with Crippen molar-refractivity contribution in [2.24, 2.45) is 0 Å². The molecule has 182 valence electrons. The Kier molecular flexibility index (Phi) is 5.94. The second-order valence-corrected chi connectivity index (χ2v) is 8.63. The maximum Gasteiger partial charge on any atom is 0.432 e. The van der Waals surface area contributed by atoms with Gasteiger partial charge in [0.15, 0.2) is 0 Å². The molecule has 1 N–H and O–H groups in total. The molecular weight excluding hydrogens is 470 g/mol. The van der Waals surface area contributed by atoms with Gasteiger partial charge in [0.05, 0.1) is 28.3 Å². The van der Waals surface area contributed by atoms with E-state index in [9.17, 15) is 26.3 Å². The molecule has 0 fully saturated rings. The number of H-pyrrole nitrogens is 1. The van der Waals surface area contributed by atoms with Crippen LogP contribution in [0.1, 0.15) is 42.1 Å². The van der Waals surface area contributed by atoms with E-state index in [1.807, 2.05) is 18.9 Å². The van der Waals surface area contributed by atoms with Gasteiger partial charge in [-0.25, -0.2) is 0 Å². The Hall–Kier alpha value is -3.69. The Morgan fingerprint density at radius 2 is 1.29 bits per heavy atom. The van der Waals surface area contributed by atoms with Crippen molar-refractivity contribution >= 4 is 0 Å². The third-order valence-corrected chi connectivity index (χ3v) is 5.75. The maximum absolute atomic E-state index is 13.0. The topological polar surface area (TPSA) is 54.5 Å². The molecule has 35 heavy (non-hydrogen) atoms. The van der Waals surface area contributed by atoms with E-state index in [-0.39, 0.29) is 11.4 Å². The summed E-state index contributed by atoms with van der Waals surface area (Å²) in [5, 5.41) is 5.71. The largest absolute Gasteiger partial charge is 0.432 e. The first kappa shape index (κ1) is 24.4. The van der Waals surface area contributed by atoms with E-state index in [1.54, 1.807) is 43.3 Å². The van der Waals surface area contributed by atoms with Gasteiger partial charge in [0.25, 0.3) is 0 Å². The number of nitrogens with zero attached hydrogens (tertiary/aromatic N) is 3. The Balaban J connectivity index is 1.70. The first-order chi connectivity index (χ1) is 16.3. The van der Waals surface area contributed by atoms with Gasteiger partial charge in [-0.15, -0.1) is 0 Å². The molecule has 0 spiro atoms. The lowest BCUT2D eigenvalue weighted by molar-refractivity contribution is -0.141. The highest BCUT2D eigenvalue weighted by atomic mass is 19.4. The summed E-state index contributed by atoms with van der Waals surface area (Å²) in [6.45, 7) is 5.31. The van der Waals surface area contributed by atoms with Crippen molar-refractivity contribution in [2.45, 2.75) is 38.5 Å². The van der Waals surface area contributed by atoms with Crippen LogP contribution in [0.4, 0.5) is 26.3 Å². The first-order valence-electron chi connectivity index (χ1n) is 10.5. The number of halogens is 6. The van der Waals surface area contributed by atoms with E-state index in [4.69, 9.17) is 4.98 Å². The predicted molar refractivity (Wildman–Crippen MR) is 118 cm³/mol. The molecule has 0 unspecified atom stereocenters. The van der Waals surface area contributed by atoms with Crippen LogP contribution in [-0.2, 0) is 17.8 Å². The zero-order chi connectivity index (χ0) is 25.6. The van der Waals surface area contributed by atoms with Crippen molar-refractivity contribution in [3.8, 4) is 22.6 Å². The van der Waals surface area contributed by atoms with Crippen molar-refractivity contribution in [1.82, 2.24) is 20.2 Å². The number of aromatic nitrogens is 4. The van der Waals surface area contributed by atoms with Gasteiger partial charge in [0, 0.05) is 11.0 Å². The molecule has 1 aromatic carbocycles. The van der Waals surface area contributed by atoms with E-state index >= 15 is 0 Å². The fourth-order valence-electron chi connectivity index (χ4n) is 3.72. The molecule has 4 rings (SSSR count). The third-order valence-electron chi connectivity index (χ3n) is 5.75. The molecule has 0 saturated carbocycles. The van der Waals surface area contributed by atoms with Crippen LogP contribution in [0.2, 0.25) is 0 Å². The van der Waals surface area contributed by atoms with E-state index < -0.39 is 29.0 Å². The molecule has 0 radical (unpaired) electrons. The molecular formula is C25H20F6N4. The van der Waals surface area contributed by atoms with Crippen LogP contribution in [0.3, 0.4) is 0 Å². The minimum atomic E-state index is -4.55. The number of aromatic amines is 1. The minimum Gasteiger partial charge on any atom is -0.273 e. The number of aryl methyl sites for hydroxylation is 1. The zero-order valence-electron chi connectivity index (χ0n) is 18.9. The number of nitrogens with one attached hydrogen (secondary N) is 1. The molecule has 0 saturated heterocycles. The highest BCUT2D eigenvalue weighted by Gasteiger charge is 2.34. The standard InChI is InChI=1S/C25H20F6N4/c1-14-12-15(24(26,27)28)10-11-16(14)17-6-4-8-20(32-17)23(2,3)21-9-5-7-18(33-21)19-13-22(35-34-19)25(29,30)31/h4-13H,1-3H3,(H,34,35). The monoisotopic (exact) mass is 490 g/mol. The van der Waals surface area contributed by atoms with Crippen LogP contribution < -0.4 is 0 Å². The summed E-state index contributed by atoms with van der Waals surface area (Å²) in [6, 6.07) is 14.6. The maximum atomic E-state index is 13.0. The van der Waals surface area contributed by atoms with Crippen LogP contribution >= 0.6 is 0 Å². The number of hydrogen-bond acceptors (Lipinski definition) is 3. The van der Waals surface area contributed by atoms with E-state index in [2.05, 4.69) is 10.1 Å². The van der Waals surface area contributed by atoms with Crippen LogP contribution in [0.5, 0.6) is 0 Å². The van der Waals surface area contributed by atoms with Gasteiger partial charge in [-0.3, -0.25) is 15.1 Å². The van der Waals surface area contributed by atoms with Crippen molar-refractivity contribution in [2.75, 3.05) is 0 Å². The number of hydrogen-bond donors (Lipinski definition) is 1. The summed E-state index contributed by atoms with van der Waals surface area (Å²) in [4.78, 5) is 9.22. The average Bonchev–Trinajstić information content (AvgIpc) is 3.30. The van der Waals surface area contributed by atoms with E-state index in [0.717, 1.165) is 18.2 Å². The summed E-state index contributed by atoms with van der Waals surface area (Å²) in [7, 11) is 0. The number of alkyl halides is 6. The highest BCUT2D eigenvalue weighted by Crippen LogP contribution is 2.35. The number of pyridine rings is 2. The molecule has 3 heterocycles. The third kappa shape index (κ3) is 4.91. The number of benzene rings is 1. The lowest BCUT2D eigenvalue weighted by Crippen LogP contribution is -2.22. The predicted octanol–water partition coefficient (Wildman–Crippen LogP) is 7.21. The van der Waals surface area contributed by atoms with Gasteiger partial charge in [-0.2, -0.15) is 31.4 Å². The van der Waals surface area contributed by atoms with Crippen molar-refractivity contribution in [3.05, 3.63) is 88.9 Å². The molecule has 3 aromatic heterocycles. The molecule has 4 nitrogen and oxygen atoms in total. The van der Waals surface area contributed by atoms with E-state index in [1.165, 1.54) is 6.07 Å². The second kappa shape index (κ2) is 8.51. The summed E-state index contributed by atoms with van der Waals surface area (Å²) in [5.41, 5.74) is 0.472. The van der Waals surface area contributed by atoms with Gasteiger partial charge in [-0.1, -0.05) is 18.2 Å².